The molecule has 0 bridgehead atoms. The number of hydrogen-bond acceptors (Lipinski definition) is 4. The number of benzene rings is 1. The fraction of sp³-hybridized carbons (Fsp3) is 0.154. The maximum Gasteiger partial charge on any atom is 0.149 e. The average Bonchev–Trinajstić information content (AvgIpc) is 2.76. The number of methoxy groups -OCH3 is 1. The van der Waals surface area contributed by atoms with E-state index in [2.05, 4.69) is 27.3 Å². The summed E-state index contributed by atoms with van der Waals surface area (Å²) < 4.78 is 6.60. The third-order valence-electron chi connectivity index (χ3n) is 2.46. The first-order valence-corrected chi connectivity index (χ1v) is 7.37. The highest BCUT2D eigenvalue weighted by Crippen LogP contribution is 2.36. The molecule has 0 radical (unpaired) electrons. The second-order valence-corrected chi connectivity index (χ2v) is 6.25. The maximum absolute atomic E-state index is 9.27. The molecule has 0 aliphatic carbocycles. The number of rotatable bonds is 4. The Morgan fingerprint density at radius 3 is 2.84 bits per heavy atom. The van der Waals surface area contributed by atoms with Crippen LogP contribution in [-0.2, 0) is 0 Å². The van der Waals surface area contributed by atoms with Gasteiger partial charge in [-0.1, -0.05) is 17.7 Å². The molecule has 0 saturated carbocycles. The fourth-order valence-electron chi connectivity index (χ4n) is 1.55. The van der Waals surface area contributed by atoms with Gasteiger partial charge in [0.2, 0.25) is 0 Å². The Morgan fingerprint density at radius 2 is 2.26 bits per heavy atom. The second-order valence-electron chi connectivity index (χ2n) is 3.71. The number of nitriles is 1. The SMILES string of the molecule is COc1cccc(NC(C#N)c2cc(Br)c(Cl)s2)c1. The molecule has 1 aromatic carbocycles. The Hall–Kier alpha value is -1.22. The molecule has 1 aromatic heterocycles. The second kappa shape index (κ2) is 6.29. The molecular weight excluding hydrogens is 348 g/mol. The summed E-state index contributed by atoms with van der Waals surface area (Å²) in [6, 6.07) is 11.1. The molecule has 1 N–H and O–H groups in total. The van der Waals surface area contributed by atoms with Gasteiger partial charge < -0.3 is 10.1 Å². The highest BCUT2D eigenvalue weighted by molar-refractivity contribution is 9.10. The van der Waals surface area contributed by atoms with Gasteiger partial charge in [-0.3, -0.25) is 0 Å². The molecule has 1 unspecified atom stereocenters. The van der Waals surface area contributed by atoms with Crippen molar-refractivity contribution in [3.63, 3.8) is 0 Å². The Labute approximate surface area is 128 Å². The van der Waals surface area contributed by atoms with Crippen molar-refractivity contribution in [3.8, 4) is 11.8 Å². The van der Waals surface area contributed by atoms with E-state index in [4.69, 9.17) is 16.3 Å². The average molecular weight is 358 g/mol. The third kappa shape index (κ3) is 3.41. The van der Waals surface area contributed by atoms with E-state index in [9.17, 15) is 5.26 Å². The van der Waals surface area contributed by atoms with E-state index in [0.717, 1.165) is 20.8 Å². The Kier molecular flexibility index (Phi) is 4.70. The maximum atomic E-state index is 9.27. The van der Waals surface area contributed by atoms with Crippen LogP contribution in [0.4, 0.5) is 5.69 Å². The summed E-state index contributed by atoms with van der Waals surface area (Å²) in [7, 11) is 1.61. The van der Waals surface area contributed by atoms with E-state index < -0.39 is 6.04 Å². The quantitative estimate of drug-likeness (QED) is 0.850. The normalized spacial score (nSPS) is 11.7. The number of nitrogens with zero attached hydrogens (tertiary/aromatic N) is 1. The van der Waals surface area contributed by atoms with Crippen LogP contribution in [0.2, 0.25) is 4.34 Å². The van der Waals surface area contributed by atoms with E-state index in [-0.39, 0.29) is 0 Å². The predicted molar refractivity (Wildman–Crippen MR) is 82.0 cm³/mol. The molecular formula is C13H10BrClN2OS. The van der Waals surface area contributed by atoms with Crippen molar-refractivity contribution in [1.82, 2.24) is 0 Å². The molecule has 0 amide bonds. The van der Waals surface area contributed by atoms with Crippen LogP contribution in [0.3, 0.4) is 0 Å². The van der Waals surface area contributed by atoms with Gasteiger partial charge in [-0.2, -0.15) is 5.26 Å². The highest BCUT2D eigenvalue weighted by atomic mass is 79.9. The van der Waals surface area contributed by atoms with Crippen LogP contribution in [0.15, 0.2) is 34.8 Å². The van der Waals surface area contributed by atoms with Crippen molar-refractivity contribution in [2.45, 2.75) is 6.04 Å². The molecule has 0 aliphatic rings. The molecule has 0 fully saturated rings. The molecule has 1 atom stereocenters. The molecule has 0 saturated heterocycles. The van der Waals surface area contributed by atoms with Crippen molar-refractivity contribution in [1.29, 1.82) is 5.26 Å². The molecule has 0 aliphatic heterocycles. The van der Waals surface area contributed by atoms with E-state index >= 15 is 0 Å². The van der Waals surface area contributed by atoms with Gasteiger partial charge in [-0.05, 0) is 34.1 Å². The lowest BCUT2D eigenvalue weighted by molar-refractivity contribution is 0.415. The van der Waals surface area contributed by atoms with Crippen LogP contribution in [0.25, 0.3) is 0 Å². The summed E-state index contributed by atoms with van der Waals surface area (Å²) in [5.74, 6) is 0.743. The highest BCUT2D eigenvalue weighted by Gasteiger charge is 2.15. The number of halogens is 2. The lowest BCUT2D eigenvalue weighted by Gasteiger charge is -2.12. The molecule has 2 rings (SSSR count). The molecule has 98 valence electrons. The zero-order valence-electron chi connectivity index (χ0n) is 9.98. The third-order valence-corrected chi connectivity index (χ3v) is 5.00. The van der Waals surface area contributed by atoms with Crippen LogP contribution in [0.1, 0.15) is 10.9 Å². The molecule has 0 spiro atoms. The van der Waals surface area contributed by atoms with Gasteiger partial charge in [0.05, 0.1) is 13.2 Å². The smallest absolute Gasteiger partial charge is 0.149 e. The van der Waals surface area contributed by atoms with Gasteiger partial charge in [0.1, 0.15) is 16.1 Å². The van der Waals surface area contributed by atoms with Gasteiger partial charge in [0, 0.05) is 21.1 Å². The Bertz CT molecular complexity index is 604. The minimum atomic E-state index is -0.444. The van der Waals surface area contributed by atoms with Crippen molar-refractivity contribution in [3.05, 3.63) is 44.0 Å². The molecule has 2 aromatic rings. The number of thiophene rings is 1. The predicted octanol–water partition coefficient (Wildman–Crippen LogP) is 4.85. The van der Waals surface area contributed by atoms with Crippen LogP contribution in [-0.4, -0.2) is 7.11 Å². The summed E-state index contributed by atoms with van der Waals surface area (Å²) in [6.07, 6.45) is 0. The standard InChI is InChI=1S/C13H10BrClN2OS/c1-18-9-4-2-3-8(5-9)17-11(7-16)12-6-10(14)13(15)19-12/h2-6,11,17H,1H3. The molecule has 1 heterocycles. The first kappa shape index (κ1) is 14.2. The molecule has 3 nitrogen and oxygen atoms in total. The van der Waals surface area contributed by atoms with Gasteiger partial charge in [0.15, 0.2) is 0 Å². The first-order valence-electron chi connectivity index (χ1n) is 5.39. The van der Waals surface area contributed by atoms with Crippen molar-refractivity contribution in [2.24, 2.45) is 0 Å². The summed E-state index contributed by atoms with van der Waals surface area (Å²) >= 11 is 10.7. The van der Waals surface area contributed by atoms with Crippen molar-refractivity contribution >= 4 is 44.6 Å². The number of anilines is 1. The topological polar surface area (TPSA) is 45.0 Å². The monoisotopic (exact) mass is 356 g/mol. The lowest BCUT2D eigenvalue weighted by Crippen LogP contribution is -2.06. The molecule has 6 heteroatoms. The van der Waals surface area contributed by atoms with Gasteiger partial charge in [0.25, 0.3) is 0 Å². The van der Waals surface area contributed by atoms with Crippen LogP contribution in [0.5, 0.6) is 5.75 Å². The Balaban J connectivity index is 2.21. The summed E-state index contributed by atoms with van der Waals surface area (Å²) in [6.45, 7) is 0. The minimum absolute atomic E-state index is 0.444. The number of nitrogens with one attached hydrogen (secondary N) is 1. The lowest BCUT2D eigenvalue weighted by atomic mass is 10.2. The Morgan fingerprint density at radius 1 is 1.47 bits per heavy atom. The van der Waals surface area contributed by atoms with Crippen molar-refractivity contribution < 1.29 is 4.74 Å². The van der Waals surface area contributed by atoms with Gasteiger partial charge >= 0.3 is 0 Å². The fourth-order valence-corrected chi connectivity index (χ4v) is 3.28. The first-order chi connectivity index (χ1) is 9.13. The minimum Gasteiger partial charge on any atom is -0.497 e. The van der Waals surface area contributed by atoms with Crippen LogP contribution < -0.4 is 10.1 Å². The number of ether oxygens (including phenoxy) is 1. The largest absolute Gasteiger partial charge is 0.497 e. The van der Waals surface area contributed by atoms with E-state index in [1.807, 2.05) is 30.3 Å². The zero-order valence-corrected chi connectivity index (χ0v) is 13.1. The summed E-state index contributed by atoms with van der Waals surface area (Å²) in [5, 5.41) is 12.4. The van der Waals surface area contributed by atoms with Gasteiger partial charge in [-0.25, -0.2) is 0 Å². The van der Waals surface area contributed by atoms with Crippen molar-refractivity contribution in [2.75, 3.05) is 12.4 Å². The van der Waals surface area contributed by atoms with E-state index in [1.54, 1.807) is 7.11 Å². The van der Waals surface area contributed by atoms with Crippen LogP contribution in [0, 0.1) is 11.3 Å². The van der Waals surface area contributed by atoms with Crippen LogP contribution >= 0.6 is 38.9 Å². The van der Waals surface area contributed by atoms with E-state index in [1.165, 1.54) is 11.3 Å². The zero-order chi connectivity index (χ0) is 13.8. The summed E-state index contributed by atoms with van der Waals surface area (Å²) in [5.41, 5.74) is 0.826. The molecule has 19 heavy (non-hydrogen) atoms. The van der Waals surface area contributed by atoms with Gasteiger partial charge in [-0.15, -0.1) is 11.3 Å². The van der Waals surface area contributed by atoms with E-state index in [0.29, 0.717) is 4.34 Å². The summed E-state index contributed by atoms with van der Waals surface area (Å²) in [4.78, 5) is 0.863. The number of hydrogen-bond donors (Lipinski definition) is 1.